The van der Waals surface area contributed by atoms with Gasteiger partial charge in [-0.3, -0.25) is 4.79 Å². The molecular formula is C12H20ClNO2. The topological polar surface area (TPSA) is 29.5 Å². The highest BCUT2D eigenvalue weighted by Crippen LogP contribution is 2.23. The Bertz CT molecular complexity index is 253. The molecule has 0 radical (unpaired) electrons. The predicted octanol–water partition coefficient (Wildman–Crippen LogP) is 2.03. The molecule has 0 aromatic heterocycles. The van der Waals surface area contributed by atoms with Gasteiger partial charge in [-0.25, -0.2) is 0 Å². The van der Waals surface area contributed by atoms with E-state index in [2.05, 4.69) is 6.92 Å². The van der Waals surface area contributed by atoms with Gasteiger partial charge in [-0.15, -0.1) is 11.6 Å². The van der Waals surface area contributed by atoms with Crippen LogP contribution in [0.5, 0.6) is 0 Å². The lowest BCUT2D eigenvalue weighted by Crippen LogP contribution is -2.44. The first kappa shape index (κ1) is 12.2. The fourth-order valence-electron chi connectivity index (χ4n) is 2.38. The first-order valence-corrected chi connectivity index (χ1v) is 6.64. The van der Waals surface area contributed by atoms with Crippen molar-refractivity contribution in [3.63, 3.8) is 0 Å². The van der Waals surface area contributed by atoms with E-state index in [0.717, 1.165) is 32.4 Å². The molecule has 0 aliphatic carbocycles. The van der Waals surface area contributed by atoms with Crippen molar-refractivity contribution in [2.45, 2.75) is 44.1 Å². The molecule has 2 fully saturated rings. The maximum Gasteiger partial charge on any atom is 0.225 e. The van der Waals surface area contributed by atoms with Crippen molar-refractivity contribution >= 4 is 17.5 Å². The van der Waals surface area contributed by atoms with E-state index in [1.54, 1.807) is 0 Å². The lowest BCUT2D eigenvalue weighted by atomic mass is 9.98. The molecule has 16 heavy (non-hydrogen) atoms. The highest BCUT2D eigenvalue weighted by Gasteiger charge is 2.29. The maximum atomic E-state index is 12.0. The summed E-state index contributed by atoms with van der Waals surface area (Å²) in [7, 11) is 0. The van der Waals surface area contributed by atoms with E-state index in [-0.39, 0.29) is 17.4 Å². The molecule has 4 heteroatoms. The lowest BCUT2D eigenvalue weighted by molar-refractivity contribution is -0.134. The number of halogens is 1. The van der Waals surface area contributed by atoms with Gasteiger partial charge < -0.3 is 9.64 Å². The third-order valence-corrected chi connectivity index (χ3v) is 4.21. The molecule has 0 aromatic rings. The van der Waals surface area contributed by atoms with Gasteiger partial charge in [0.05, 0.1) is 17.9 Å². The molecule has 2 saturated heterocycles. The summed E-state index contributed by atoms with van der Waals surface area (Å²) in [6.45, 7) is 4.52. The number of nitrogens with zero attached hydrogens (tertiary/aromatic N) is 1. The highest BCUT2D eigenvalue weighted by atomic mass is 35.5. The highest BCUT2D eigenvalue weighted by molar-refractivity contribution is 6.21. The maximum absolute atomic E-state index is 12.0. The summed E-state index contributed by atoms with van der Waals surface area (Å²) in [6.07, 6.45) is 3.83. The van der Waals surface area contributed by atoms with E-state index in [4.69, 9.17) is 16.3 Å². The zero-order valence-corrected chi connectivity index (χ0v) is 10.6. The molecule has 3 atom stereocenters. The van der Waals surface area contributed by atoms with Gasteiger partial charge in [0.15, 0.2) is 0 Å². The molecule has 92 valence electrons. The van der Waals surface area contributed by atoms with Crippen LogP contribution in [-0.4, -0.2) is 42.0 Å². The number of rotatable bonds is 2. The fraction of sp³-hybridized carbons (Fsp3) is 0.917. The number of amides is 1. The second-order valence-corrected chi connectivity index (χ2v) is 5.52. The Morgan fingerprint density at radius 2 is 2.31 bits per heavy atom. The van der Waals surface area contributed by atoms with Crippen molar-refractivity contribution in [2.75, 3.05) is 19.7 Å². The number of hydrogen-bond acceptors (Lipinski definition) is 2. The standard InChI is InChI=1S/C12H20ClNO2/c1-9-4-5-14(8-11(9)13)12(15)7-10-3-2-6-16-10/h9-11H,2-8H2,1H3. The minimum atomic E-state index is 0.113. The summed E-state index contributed by atoms with van der Waals surface area (Å²) in [6, 6.07) is 0. The molecule has 1 amide bonds. The molecule has 0 aromatic carbocycles. The molecule has 2 rings (SSSR count). The van der Waals surface area contributed by atoms with Crippen molar-refractivity contribution in [2.24, 2.45) is 5.92 Å². The van der Waals surface area contributed by atoms with E-state index < -0.39 is 0 Å². The van der Waals surface area contributed by atoms with Gasteiger partial charge in [-0.2, -0.15) is 0 Å². The van der Waals surface area contributed by atoms with Crippen LogP contribution in [0.25, 0.3) is 0 Å². The Labute approximate surface area is 102 Å². The number of carbonyl (C=O) groups is 1. The SMILES string of the molecule is CC1CCN(C(=O)CC2CCCO2)CC1Cl. The predicted molar refractivity (Wildman–Crippen MR) is 63.6 cm³/mol. The molecule has 0 bridgehead atoms. The molecule has 3 unspecified atom stereocenters. The van der Waals surface area contributed by atoms with Gasteiger partial charge in [0, 0.05) is 19.7 Å². The third kappa shape index (κ3) is 2.89. The van der Waals surface area contributed by atoms with Crippen molar-refractivity contribution in [1.82, 2.24) is 4.90 Å². The van der Waals surface area contributed by atoms with E-state index in [0.29, 0.717) is 18.9 Å². The summed E-state index contributed by atoms with van der Waals surface area (Å²) in [5, 5.41) is 0.113. The van der Waals surface area contributed by atoms with Crippen molar-refractivity contribution in [3.8, 4) is 0 Å². The summed E-state index contributed by atoms with van der Waals surface area (Å²) in [5.41, 5.74) is 0. The van der Waals surface area contributed by atoms with Crippen LogP contribution in [0.2, 0.25) is 0 Å². The fourth-order valence-corrected chi connectivity index (χ4v) is 2.67. The van der Waals surface area contributed by atoms with E-state index in [9.17, 15) is 4.79 Å². The number of likely N-dealkylation sites (tertiary alicyclic amines) is 1. The number of piperidine rings is 1. The minimum Gasteiger partial charge on any atom is -0.378 e. The number of carbonyl (C=O) groups excluding carboxylic acids is 1. The molecule has 0 N–H and O–H groups in total. The summed E-state index contributed by atoms with van der Waals surface area (Å²) >= 11 is 6.20. The van der Waals surface area contributed by atoms with E-state index >= 15 is 0 Å². The lowest BCUT2D eigenvalue weighted by Gasteiger charge is -2.34. The average Bonchev–Trinajstić information content (AvgIpc) is 2.74. The molecular weight excluding hydrogens is 226 g/mol. The van der Waals surface area contributed by atoms with Crippen LogP contribution in [0.4, 0.5) is 0 Å². The molecule has 0 spiro atoms. The zero-order valence-electron chi connectivity index (χ0n) is 9.82. The van der Waals surface area contributed by atoms with Crippen LogP contribution in [0, 0.1) is 5.92 Å². The summed E-state index contributed by atoms with van der Waals surface area (Å²) in [5.74, 6) is 0.734. The van der Waals surface area contributed by atoms with Gasteiger partial charge in [-0.1, -0.05) is 6.92 Å². The first-order chi connectivity index (χ1) is 7.66. The Balaban J connectivity index is 1.80. The summed E-state index contributed by atoms with van der Waals surface area (Å²) in [4.78, 5) is 13.9. The van der Waals surface area contributed by atoms with Gasteiger partial charge in [0.2, 0.25) is 5.91 Å². The number of alkyl halides is 1. The quantitative estimate of drug-likeness (QED) is 0.697. The van der Waals surface area contributed by atoms with Crippen molar-refractivity contribution in [3.05, 3.63) is 0 Å². The van der Waals surface area contributed by atoms with Gasteiger partial charge >= 0.3 is 0 Å². The van der Waals surface area contributed by atoms with Gasteiger partial charge in [0.1, 0.15) is 0 Å². The normalized spacial score (nSPS) is 35.4. The monoisotopic (exact) mass is 245 g/mol. The average molecular weight is 246 g/mol. The second kappa shape index (κ2) is 5.37. The van der Waals surface area contributed by atoms with E-state index in [1.807, 2.05) is 4.90 Å². The van der Waals surface area contributed by atoms with Crippen molar-refractivity contribution < 1.29 is 9.53 Å². The van der Waals surface area contributed by atoms with Crippen LogP contribution in [-0.2, 0) is 9.53 Å². The van der Waals surface area contributed by atoms with Crippen LogP contribution >= 0.6 is 11.6 Å². The zero-order chi connectivity index (χ0) is 11.5. The molecule has 2 heterocycles. The van der Waals surface area contributed by atoms with Crippen LogP contribution in [0.15, 0.2) is 0 Å². The molecule has 2 aliphatic heterocycles. The number of hydrogen-bond donors (Lipinski definition) is 0. The largest absolute Gasteiger partial charge is 0.378 e. The van der Waals surface area contributed by atoms with Crippen LogP contribution < -0.4 is 0 Å². The Morgan fingerprint density at radius 1 is 1.50 bits per heavy atom. The molecule has 0 saturated carbocycles. The molecule has 2 aliphatic rings. The Hall–Kier alpha value is -0.280. The first-order valence-electron chi connectivity index (χ1n) is 6.20. The van der Waals surface area contributed by atoms with Crippen LogP contribution in [0.3, 0.4) is 0 Å². The van der Waals surface area contributed by atoms with Gasteiger partial charge in [-0.05, 0) is 25.2 Å². The Morgan fingerprint density at radius 3 is 2.94 bits per heavy atom. The smallest absolute Gasteiger partial charge is 0.225 e. The molecule has 3 nitrogen and oxygen atoms in total. The van der Waals surface area contributed by atoms with E-state index in [1.165, 1.54) is 0 Å². The minimum absolute atomic E-state index is 0.113. The van der Waals surface area contributed by atoms with Crippen molar-refractivity contribution in [1.29, 1.82) is 0 Å². The van der Waals surface area contributed by atoms with Gasteiger partial charge in [0.25, 0.3) is 0 Å². The Kier molecular flexibility index (Phi) is 4.09. The second-order valence-electron chi connectivity index (χ2n) is 4.96. The van der Waals surface area contributed by atoms with Crippen LogP contribution in [0.1, 0.15) is 32.6 Å². The summed E-state index contributed by atoms with van der Waals surface area (Å²) < 4.78 is 5.48. The number of ether oxygens (including phenoxy) is 1. The third-order valence-electron chi connectivity index (χ3n) is 3.65.